The lowest BCUT2D eigenvalue weighted by Gasteiger charge is -2.03. The van der Waals surface area contributed by atoms with Crippen LogP contribution in [0.5, 0.6) is 0 Å². The minimum absolute atomic E-state index is 0.172. The van der Waals surface area contributed by atoms with Crippen LogP contribution in [0.3, 0.4) is 0 Å². The first kappa shape index (κ1) is 8.97. The van der Waals surface area contributed by atoms with Crippen LogP contribution in [-0.2, 0) is 17.8 Å². The number of carbonyl (C=O) groups is 1. The summed E-state index contributed by atoms with van der Waals surface area (Å²) in [6, 6.07) is 0. The van der Waals surface area contributed by atoms with Crippen molar-refractivity contribution in [2.75, 3.05) is 0 Å². The number of rotatable bonds is 4. The molecule has 1 aromatic rings. The third kappa shape index (κ3) is 2.19. The summed E-state index contributed by atoms with van der Waals surface area (Å²) in [5.74, 6) is 1.18. The van der Waals surface area contributed by atoms with Gasteiger partial charge in [0.15, 0.2) is 0 Å². The molecule has 0 radical (unpaired) electrons. The second-order valence-electron chi connectivity index (χ2n) is 2.92. The van der Waals surface area contributed by atoms with Gasteiger partial charge in [0.1, 0.15) is 11.6 Å². The molecule has 0 unspecified atom stereocenters. The number of imidazole rings is 1. The first-order valence-corrected chi connectivity index (χ1v) is 4.23. The summed E-state index contributed by atoms with van der Waals surface area (Å²) in [5, 5.41) is 0. The first-order chi connectivity index (χ1) is 5.74. The van der Waals surface area contributed by atoms with Gasteiger partial charge in [-0.1, -0.05) is 6.92 Å². The van der Waals surface area contributed by atoms with Crippen LogP contribution in [-0.4, -0.2) is 15.3 Å². The molecular formula is C9H14N2O. The van der Waals surface area contributed by atoms with Crippen LogP contribution in [0, 0.1) is 0 Å². The monoisotopic (exact) mass is 166 g/mol. The zero-order chi connectivity index (χ0) is 8.97. The number of aryl methyl sites for hydroxylation is 1. The Morgan fingerprint density at radius 3 is 3.00 bits per heavy atom. The molecule has 3 heteroatoms. The molecule has 1 rings (SSSR count). The molecule has 12 heavy (non-hydrogen) atoms. The maximum Gasteiger partial charge on any atom is 0.149 e. The van der Waals surface area contributed by atoms with Crippen LogP contribution < -0.4 is 0 Å². The van der Waals surface area contributed by atoms with E-state index in [9.17, 15) is 4.79 Å². The minimum Gasteiger partial charge on any atom is -0.328 e. The smallest absolute Gasteiger partial charge is 0.149 e. The zero-order valence-electron chi connectivity index (χ0n) is 7.58. The molecular weight excluding hydrogens is 152 g/mol. The van der Waals surface area contributed by atoms with E-state index < -0.39 is 0 Å². The lowest BCUT2D eigenvalue weighted by molar-refractivity contribution is -0.117. The number of hydrogen-bond donors (Lipinski definition) is 0. The fraction of sp³-hybridized carbons (Fsp3) is 0.556. The number of ketones is 1. The quantitative estimate of drug-likeness (QED) is 0.678. The van der Waals surface area contributed by atoms with Crippen LogP contribution >= 0.6 is 0 Å². The predicted molar refractivity (Wildman–Crippen MR) is 46.9 cm³/mol. The topological polar surface area (TPSA) is 34.9 Å². The van der Waals surface area contributed by atoms with Gasteiger partial charge in [0.2, 0.25) is 0 Å². The minimum atomic E-state index is 0.172. The number of Topliss-reactive ketones (excluding diaryl/α,β-unsaturated/α-hetero) is 1. The number of hydrogen-bond acceptors (Lipinski definition) is 2. The Morgan fingerprint density at radius 1 is 1.67 bits per heavy atom. The van der Waals surface area contributed by atoms with E-state index >= 15 is 0 Å². The van der Waals surface area contributed by atoms with Crippen LogP contribution in [0.15, 0.2) is 12.4 Å². The van der Waals surface area contributed by atoms with Crippen molar-refractivity contribution in [3.05, 3.63) is 18.2 Å². The third-order valence-electron chi connectivity index (χ3n) is 1.67. The number of aromatic nitrogens is 2. The molecule has 0 aliphatic heterocycles. The van der Waals surface area contributed by atoms with Crippen LogP contribution in [0.1, 0.15) is 26.1 Å². The molecule has 3 nitrogen and oxygen atoms in total. The lowest BCUT2D eigenvalue weighted by Crippen LogP contribution is -2.08. The van der Waals surface area contributed by atoms with E-state index in [2.05, 4.69) is 11.9 Å². The predicted octanol–water partition coefficient (Wildman–Crippen LogP) is 1.42. The summed E-state index contributed by atoms with van der Waals surface area (Å²) in [6.07, 6.45) is 5.61. The van der Waals surface area contributed by atoms with Gasteiger partial charge in [0.25, 0.3) is 0 Å². The SMILES string of the molecule is CCCc1nccn1CC(C)=O. The van der Waals surface area contributed by atoms with Gasteiger partial charge >= 0.3 is 0 Å². The van der Waals surface area contributed by atoms with Gasteiger partial charge < -0.3 is 4.57 Å². The van der Waals surface area contributed by atoms with Crippen LogP contribution in [0.4, 0.5) is 0 Å². The van der Waals surface area contributed by atoms with Gasteiger partial charge in [-0.2, -0.15) is 0 Å². The molecule has 0 amide bonds. The van der Waals surface area contributed by atoms with Crippen molar-refractivity contribution >= 4 is 5.78 Å². The highest BCUT2D eigenvalue weighted by Gasteiger charge is 2.02. The molecule has 1 aromatic heterocycles. The van der Waals surface area contributed by atoms with E-state index in [1.165, 1.54) is 0 Å². The van der Waals surface area contributed by atoms with E-state index in [4.69, 9.17) is 0 Å². The average Bonchev–Trinajstić information content (AvgIpc) is 2.37. The summed E-state index contributed by atoms with van der Waals surface area (Å²) in [7, 11) is 0. The Hall–Kier alpha value is -1.12. The Balaban J connectivity index is 2.69. The summed E-state index contributed by atoms with van der Waals surface area (Å²) in [4.78, 5) is 15.0. The third-order valence-corrected chi connectivity index (χ3v) is 1.67. The Bertz CT molecular complexity index is 265. The van der Waals surface area contributed by atoms with Crippen molar-refractivity contribution in [1.82, 2.24) is 9.55 Å². The lowest BCUT2D eigenvalue weighted by atomic mass is 10.3. The average molecular weight is 166 g/mol. The second kappa shape index (κ2) is 4.04. The maximum atomic E-state index is 10.8. The molecule has 0 aliphatic carbocycles. The maximum absolute atomic E-state index is 10.8. The van der Waals surface area contributed by atoms with E-state index in [0.717, 1.165) is 18.7 Å². The summed E-state index contributed by atoms with van der Waals surface area (Å²) < 4.78 is 1.91. The highest BCUT2D eigenvalue weighted by atomic mass is 16.1. The molecule has 1 heterocycles. The van der Waals surface area contributed by atoms with Crippen molar-refractivity contribution in [2.24, 2.45) is 0 Å². The van der Waals surface area contributed by atoms with E-state index in [1.807, 2.05) is 10.8 Å². The van der Waals surface area contributed by atoms with Gasteiger partial charge in [-0.05, 0) is 13.3 Å². The van der Waals surface area contributed by atoms with Crippen molar-refractivity contribution in [3.63, 3.8) is 0 Å². The van der Waals surface area contributed by atoms with Crippen LogP contribution in [0.25, 0.3) is 0 Å². The fourth-order valence-corrected chi connectivity index (χ4v) is 1.18. The summed E-state index contributed by atoms with van der Waals surface area (Å²) >= 11 is 0. The molecule has 0 saturated heterocycles. The van der Waals surface area contributed by atoms with Gasteiger partial charge in [-0.25, -0.2) is 4.98 Å². The number of nitrogens with zero attached hydrogens (tertiary/aromatic N) is 2. The molecule has 0 aliphatic rings. The molecule has 0 saturated carbocycles. The Morgan fingerprint density at radius 2 is 2.42 bits per heavy atom. The fourth-order valence-electron chi connectivity index (χ4n) is 1.18. The molecule has 0 aromatic carbocycles. The van der Waals surface area contributed by atoms with Crippen molar-refractivity contribution < 1.29 is 4.79 Å². The zero-order valence-corrected chi connectivity index (χ0v) is 7.58. The molecule has 0 fully saturated rings. The largest absolute Gasteiger partial charge is 0.328 e. The summed E-state index contributed by atoms with van der Waals surface area (Å²) in [6.45, 7) is 4.15. The molecule has 66 valence electrons. The molecule has 0 spiro atoms. The highest BCUT2D eigenvalue weighted by molar-refractivity contribution is 5.75. The molecule has 0 N–H and O–H groups in total. The van der Waals surface area contributed by atoms with E-state index in [-0.39, 0.29) is 5.78 Å². The van der Waals surface area contributed by atoms with Crippen molar-refractivity contribution in [1.29, 1.82) is 0 Å². The Labute approximate surface area is 72.4 Å². The summed E-state index contributed by atoms with van der Waals surface area (Å²) in [5.41, 5.74) is 0. The van der Waals surface area contributed by atoms with E-state index in [0.29, 0.717) is 6.54 Å². The number of carbonyl (C=O) groups excluding carboxylic acids is 1. The molecule has 0 atom stereocenters. The van der Waals surface area contributed by atoms with Gasteiger partial charge in [0.05, 0.1) is 6.54 Å². The Kier molecular flexibility index (Phi) is 3.02. The second-order valence-corrected chi connectivity index (χ2v) is 2.92. The molecule has 0 bridgehead atoms. The van der Waals surface area contributed by atoms with E-state index in [1.54, 1.807) is 13.1 Å². The van der Waals surface area contributed by atoms with Crippen molar-refractivity contribution in [2.45, 2.75) is 33.2 Å². The standard InChI is InChI=1S/C9H14N2O/c1-3-4-9-10-5-6-11(9)7-8(2)12/h5-6H,3-4,7H2,1-2H3. The van der Waals surface area contributed by atoms with Gasteiger partial charge in [-0.3, -0.25) is 4.79 Å². The normalized spacial score (nSPS) is 10.2. The van der Waals surface area contributed by atoms with Gasteiger partial charge in [0, 0.05) is 18.8 Å². The first-order valence-electron chi connectivity index (χ1n) is 4.23. The highest BCUT2D eigenvalue weighted by Crippen LogP contribution is 2.00. The van der Waals surface area contributed by atoms with Crippen LogP contribution in [0.2, 0.25) is 0 Å². The van der Waals surface area contributed by atoms with Gasteiger partial charge in [-0.15, -0.1) is 0 Å². The van der Waals surface area contributed by atoms with Crippen molar-refractivity contribution in [3.8, 4) is 0 Å².